The number of carbonyl (C=O) groups is 1. The van der Waals surface area contributed by atoms with Crippen molar-refractivity contribution in [3.05, 3.63) is 29.1 Å². The Hall–Kier alpha value is -1.23. The summed E-state index contributed by atoms with van der Waals surface area (Å²) in [6, 6.07) is 2.78. The molecule has 3 nitrogen and oxygen atoms in total. The summed E-state index contributed by atoms with van der Waals surface area (Å²) in [6.45, 7) is 1.83. The molecule has 88 valence electrons. The van der Waals surface area contributed by atoms with Gasteiger partial charge < -0.3 is 10.5 Å². The number of aryl methyl sites for hydroxylation is 1. The van der Waals surface area contributed by atoms with Gasteiger partial charge in [0.05, 0.1) is 5.56 Å². The van der Waals surface area contributed by atoms with Crippen LogP contribution in [0.25, 0.3) is 0 Å². The summed E-state index contributed by atoms with van der Waals surface area (Å²) in [6.07, 6.45) is 1.90. The van der Waals surface area contributed by atoms with Crippen LogP contribution in [0.4, 0.5) is 10.1 Å². The average molecular weight is 243 g/mol. The van der Waals surface area contributed by atoms with Gasteiger partial charge in [0.15, 0.2) is 0 Å². The van der Waals surface area contributed by atoms with Crippen LogP contribution < -0.4 is 5.73 Å². The van der Waals surface area contributed by atoms with Crippen molar-refractivity contribution in [2.24, 2.45) is 0 Å². The monoisotopic (exact) mass is 243 g/mol. The summed E-state index contributed by atoms with van der Waals surface area (Å²) < 4.78 is 18.5. The Labute approximate surface area is 98.2 Å². The molecular formula is C11H14FNO2S. The van der Waals surface area contributed by atoms with Crippen molar-refractivity contribution in [3.63, 3.8) is 0 Å². The molecule has 0 aliphatic carbocycles. The minimum absolute atomic E-state index is 0.0985. The number of ether oxygens (including phenoxy) is 1. The topological polar surface area (TPSA) is 52.3 Å². The molecule has 5 heteroatoms. The third kappa shape index (κ3) is 3.13. The number of carbonyl (C=O) groups excluding carboxylic acids is 1. The quantitative estimate of drug-likeness (QED) is 0.500. The second-order valence-electron chi connectivity index (χ2n) is 3.33. The van der Waals surface area contributed by atoms with Crippen LogP contribution in [-0.4, -0.2) is 24.6 Å². The van der Waals surface area contributed by atoms with Gasteiger partial charge in [0.1, 0.15) is 12.4 Å². The molecule has 0 aromatic heterocycles. The standard InChI is InChI=1S/C11H14FNO2S/c1-7-5-8(13)6-9(10(7)12)11(14)15-3-4-16-2/h5-6H,3-4,13H2,1-2H3. The number of esters is 1. The van der Waals surface area contributed by atoms with Gasteiger partial charge in [-0.2, -0.15) is 11.8 Å². The van der Waals surface area contributed by atoms with Crippen molar-refractivity contribution < 1.29 is 13.9 Å². The fourth-order valence-electron chi connectivity index (χ4n) is 1.24. The van der Waals surface area contributed by atoms with Gasteiger partial charge in [-0.1, -0.05) is 0 Å². The summed E-state index contributed by atoms with van der Waals surface area (Å²) in [5.74, 6) is -0.542. The van der Waals surface area contributed by atoms with Gasteiger partial charge in [-0.15, -0.1) is 0 Å². The Bertz CT molecular complexity index is 396. The van der Waals surface area contributed by atoms with Crippen LogP contribution in [0.5, 0.6) is 0 Å². The van der Waals surface area contributed by atoms with E-state index in [9.17, 15) is 9.18 Å². The van der Waals surface area contributed by atoms with Crippen LogP contribution in [0.2, 0.25) is 0 Å². The highest BCUT2D eigenvalue weighted by atomic mass is 32.2. The van der Waals surface area contributed by atoms with Gasteiger partial charge >= 0.3 is 5.97 Å². The molecule has 0 atom stereocenters. The summed E-state index contributed by atoms with van der Waals surface area (Å²) >= 11 is 1.55. The fourth-order valence-corrected chi connectivity index (χ4v) is 1.49. The Morgan fingerprint density at radius 2 is 2.25 bits per heavy atom. The fraction of sp³-hybridized carbons (Fsp3) is 0.364. The van der Waals surface area contributed by atoms with Gasteiger partial charge in [0, 0.05) is 11.4 Å². The number of anilines is 1. The highest BCUT2D eigenvalue weighted by Gasteiger charge is 2.15. The van der Waals surface area contributed by atoms with Crippen LogP contribution in [0, 0.1) is 12.7 Å². The number of rotatable bonds is 4. The normalized spacial score (nSPS) is 10.2. The molecule has 0 spiro atoms. The molecule has 16 heavy (non-hydrogen) atoms. The lowest BCUT2D eigenvalue weighted by molar-refractivity contribution is 0.0525. The number of hydrogen-bond donors (Lipinski definition) is 1. The van der Waals surface area contributed by atoms with E-state index in [1.54, 1.807) is 18.7 Å². The molecular weight excluding hydrogens is 229 g/mol. The molecule has 2 N–H and O–H groups in total. The SMILES string of the molecule is CSCCOC(=O)c1cc(N)cc(C)c1F. The van der Waals surface area contributed by atoms with E-state index in [1.807, 2.05) is 6.26 Å². The minimum atomic E-state index is -0.665. The van der Waals surface area contributed by atoms with E-state index in [1.165, 1.54) is 12.1 Å². The van der Waals surface area contributed by atoms with Crippen LogP contribution in [0.1, 0.15) is 15.9 Å². The molecule has 0 heterocycles. The first-order chi connectivity index (χ1) is 7.56. The first-order valence-electron chi connectivity index (χ1n) is 4.78. The number of thioether (sulfide) groups is 1. The van der Waals surface area contributed by atoms with Crippen LogP contribution in [-0.2, 0) is 4.74 Å². The summed E-state index contributed by atoms with van der Waals surface area (Å²) in [5, 5.41) is 0. The third-order valence-electron chi connectivity index (χ3n) is 2.02. The van der Waals surface area contributed by atoms with Crippen molar-refractivity contribution in [1.82, 2.24) is 0 Å². The van der Waals surface area contributed by atoms with Gasteiger partial charge in [0.2, 0.25) is 0 Å². The Balaban J connectivity index is 2.82. The van der Waals surface area contributed by atoms with Crippen molar-refractivity contribution >= 4 is 23.4 Å². The summed E-state index contributed by atoms with van der Waals surface area (Å²) in [7, 11) is 0. The van der Waals surface area contributed by atoms with Crippen molar-refractivity contribution in [1.29, 1.82) is 0 Å². The largest absolute Gasteiger partial charge is 0.461 e. The number of halogens is 1. The van der Waals surface area contributed by atoms with Crippen LogP contribution >= 0.6 is 11.8 Å². The first-order valence-corrected chi connectivity index (χ1v) is 6.17. The molecule has 1 aromatic rings. The highest BCUT2D eigenvalue weighted by molar-refractivity contribution is 7.98. The average Bonchev–Trinajstić information content (AvgIpc) is 2.23. The summed E-state index contributed by atoms with van der Waals surface area (Å²) in [4.78, 5) is 11.5. The number of nitrogen functional groups attached to an aromatic ring is 1. The zero-order chi connectivity index (χ0) is 12.1. The molecule has 0 bridgehead atoms. The molecule has 0 amide bonds. The van der Waals surface area contributed by atoms with Crippen molar-refractivity contribution in [2.45, 2.75) is 6.92 Å². The van der Waals surface area contributed by atoms with Gasteiger partial charge in [-0.05, 0) is 30.9 Å². The lowest BCUT2D eigenvalue weighted by atomic mass is 10.1. The molecule has 0 unspecified atom stereocenters. The molecule has 1 aromatic carbocycles. The number of hydrogen-bond acceptors (Lipinski definition) is 4. The first kappa shape index (κ1) is 12.8. The molecule has 1 rings (SSSR count). The predicted molar refractivity (Wildman–Crippen MR) is 64.2 cm³/mol. The van der Waals surface area contributed by atoms with Crippen LogP contribution in [0.3, 0.4) is 0 Å². The molecule has 0 radical (unpaired) electrons. The van der Waals surface area contributed by atoms with E-state index >= 15 is 0 Å². The van der Waals surface area contributed by atoms with E-state index in [-0.39, 0.29) is 12.2 Å². The number of benzene rings is 1. The van der Waals surface area contributed by atoms with E-state index < -0.39 is 11.8 Å². The van der Waals surface area contributed by atoms with E-state index in [2.05, 4.69) is 0 Å². The second-order valence-corrected chi connectivity index (χ2v) is 4.31. The molecule has 0 saturated carbocycles. The lowest BCUT2D eigenvalue weighted by Crippen LogP contribution is -2.11. The summed E-state index contributed by atoms with van der Waals surface area (Å²) in [5.41, 5.74) is 6.15. The maximum atomic E-state index is 13.6. The second kappa shape index (κ2) is 5.75. The minimum Gasteiger partial charge on any atom is -0.461 e. The molecule has 0 aliphatic rings. The van der Waals surface area contributed by atoms with E-state index in [0.29, 0.717) is 17.0 Å². The van der Waals surface area contributed by atoms with Crippen LogP contribution in [0.15, 0.2) is 12.1 Å². The lowest BCUT2D eigenvalue weighted by Gasteiger charge is -2.07. The zero-order valence-electron chi connectivity index (χ0n) is 9.25. The Morgan fingerprint density at radius 3 is 2.88 bits per heavy atom. The molecule has 0 saturated heterocycles. The van der Waals surface area contributed by atoms with E-state index in [0.717, 1.165) is 0 Å². The molecule has 0 fully saturated rings. The highest BCUT2D eigenvalue weighted by Crippen LogP contribution is 2.17. The zero-order valence-corrected chi connectivity index (χ0v) is 10.1. The Morgan fingerprint density at radius 1 is 1.56 bits per heavy atom. The number of nitrogens with two attached hydrogens (primary N) is 1. The molecule has 0 aliphatic heterocycles. The smallest absolute Gasteiger partial charge is 0.341 e. The van der Waals surface area contributed by atoms with Gasteiger partial charge in [-0.3, -0.25) is 0 Å². The van der Waals surface area contributed by atoms with Crippen molar-refractivity contribution in [2.75, 3.05) is 24.3 Å². The third-order valence-corrected chi connectivity index (χ3v) is 2.59. The van der Waals surface area contributed by atoms with Crippen molar-refractivity contribution in [3.8, 4) is 0 Å². The maximum absolute atomic E-state index is 13.6. The Kier molecular flexibility index (Phi) is 4.61. The van der Waals surface area contributed by atoms with E-state index in [4.69, 9.17) is 10.5 Å². The van der Waals surface area contributed by atoms with Gasteiger partial charge in [-0.25, -0.2) is 9.18 Å². The predicted octanol–water partition coefficient (Wildman–Crippen LogP) is 2.24. The van der Waals surface area contributed by atoms with Gasteiger partial charge in [0.25, 0.3) is 0 Å². The maximum Gasteiger partial charge on any atom is 0.341 e.